The monoisotopic (exact) mass is 347 g/mol. The molecular formula is C11H11BrClN3O3. The van der Waals surface area contributed by atoms with E-state index in [1.54, 1.807) is 0 Å². The van der Waals surface area contributed by atoms with Crippen LogP contribution in [-0.2, 0) is 4.74 Å². The summed E-state index contributed by atoms with van der Waals surface area (Å²) >= 11 is 9.26. The molecule has 1 saturated heterocycles. The van der Waals surface area contributed by atoms with E-state index in [1.807, 2.05) is 4.90 Å². The number of anilines is 1. The average molecular weight is 349 g/mol. The number of aldehydes is 1. The highest BCUT2D eigenvalue weighted by Crippen LogP contribution is 2.36. The summed E-state index contributed by atoms with van der Waals surface area (Å²) in [5.41, 5.74) is 6.08. The molecule has 2 N–H and O–H groups in total. The van der Waals surface area contributed by atoms with Crippen molar-refractivity contribution in [3.05, 3.63) is 21.4 Å². The van der Waals surface area contributed by atoms with E-state index < -0.39 is 6.09 Å². The summed E-state index contributed by atoms with van der Waals surface area (Å²) < 4.78 is 5.51. The first-order valence-electron chi connectivity index (χ1n) is 5.53. The van der Waals surface area contributed by atoms with Crippen molar-refractivity contribution in [3.8, 4) is 0 Å². The second-order valence-electron chi connectivity index (χ2n) is 4.08. The zero-order valence-electron chi connectivity index (χ0n) is 9.81. The van der Waals surface area contributed by atoms with Crippen LogP contribution < -0.4 is 10.6 Å². The first-order chi connectivity index (χ1) is 9.02. The topological polar surface area (TPSA) is 85.5 Å². The van der Waals surface area contributed by atoms with E-state index in [4.69, 9.17) is 22.1 Å². The summed E-state index contributed by atoms with van der Waals surface area (Å²) in [6.45, 7) is 1.10. The fourth-order valence-corrected chi connectivity index (χ4v) is 2.79. The molecule has 0 radical (unpaired) electrons. The average Bonchev–Trinajstić information content (AvgIpc) is 2.79. The van der Waals surface area contributed by atoms with Crippen molar-refractivity contribution in [2.75, 3.05) is 18.0 Å². The molecule has 1 fully saturated rings. The minimum absolute atomic E-state index is 0.278. The number of amides is 1. The molecule has 1 atom stereocenters. The van der Waals surface area contributed by atoms with Crippen molar-refractivity contribution >= 4 is 45.6 Å². The van der Waals surface area contributed by atoms with Gasteiger partial charge in [-0.15, -0.1) is 0 Å². The number of hydrogen-bond donors (Lipinski definition) is 1. The lowest BCUT2D eigenvalue weighted by Gasteiger charge is -2.21. The van der Waals surface area contributed by atoms with Gasteiger partial charge >= 0.3 is 6.09 Å². The number of aromatic nitrogens is 1. The Balaban J connectivity index is 2.26. The molecular weight excluding hydrogens is 337 g/mol. The lowest BCUT2D eigenvalue weighted by Crippen LogP contribution is -2.27. The first-order valence-corrected chi connectivity index (χ1v) is 6.70. The third-order valence-corrected chi connectivity index (χ3v) is 4.12. The molecule has 1 aromatic rings. The van der Waals surface area contributed by atoms with E-state index in [0.29, 0.717) is 41.5 Å². The second-order valence-corrected chi connectivity index (χ2v) is 5.23. The molecule has 6 nitrogen and oxygen atoms in total. The molecule has 8 heteroatoms. The molecule has 1 aliphatic rings. The van der Waals surface area contributed by atoms with Gasteiger partial charge in [0.1, 0.15) is 11.3 Å². The molecule has 0 bridgehead atoms. The highest BCUT2D eigenvalue weighted by atomic mass is 79.9. The fourth-order valence-electron chi connectivity index (χ4n) is 2.07. The van der Waals surface area contributed by atoms with Crippen LogP contribution in [0.25, 0.3) is 0 Å². The smallest absolute Gasteiger partial charge is 0.404 e. The van der Waals surface area contributed by atoms with Gasteiger partial charge in [0.15, 0.2) is 6.29 Å². The predicted molar refractivity (Wildman–Crippen MR) is 73.6 cm³/mol. The Bertz CT molecular complexity index is 526. The molecule has 1 amide bonds. The van der Waals surface area contributed by atoms with Gasteiger partial charge in [-0.25, -0.2) is 9.78 Å². The van der Waals surface area contributed by atoms with Crippen LogP contribution in [0.3, 0.4) is 0 Å². The molecule has 0 spiro atoms. The van der Waals surface area contributed by atoms with E-state index in [-0.39, 0.29) is 11.3 Å². The minimum atomic E-state index is -0.797. The van der Waals surface area contributed by atoms with Crippen LogP contribution in [0, 0.1) is 0 Å². The summed E-state index contributed by atoms with van der Waals surface area (Å²) in [6.07, 6.45) is 1.70. The fraction of sp³-hybridized carbons (Fsp3) is 0.364. The van der Waals surface area contributed by atoms with Crippen LogP contribution in [0.1, 0.15) is 16.8 Å². The molecule has 2 heterocycles. The maximum Gasteiger partial charge on any atom is 0.404 e. The van der Waals surface area contributed by atoms with Crippen molar-refractivity contribution < 1.29 is 14.3 Å². The normalized spacial score (nSPS) is 18.4. The van der Waals surface area contributed by atoms with Gasteiger partial charge in [0.05, 0.1) is 22.3 Å². The van der Waals surface area contributed by atoms with Crippen molar-refractivity contribution in [1.29, 1.82) is 0 Å². The Morgan fingerprint density at radius 2 is 2.42 bits per heavy atom. The van der Waals surface area contributed by atoms with E-state index >= 15 is 0 Å². The van der Waals surface area contributed by atoms with Crippen LogP contribution in [-0.4, -0.2) is 36.6 Å². The van der Waals surface area contributed by atoms with Gasteiger partial charge < -0.3 is 15.4 Å². The number of carbonyl (C=O) groups is 2. The van der Waals surface area contributed by atoms with Crippen LogP contribution in [0.15, 0.2) is 10.7 Å². The summed E-state index contributed by atoms with van der Waals surface area (Å²) in [7, 11) is 0. The SMILES string of the molecule is NC(=O)O[C@H]1CCN(c2c(C=O)cnc(Cl)c2Br)C1. The third kappa shape index (κ3) is 2.98. The van der Waals surface area contributed by atoms with Crippen LogP contribution in [0.5, 0.6) is 0 Å². The summed E-state index contributed by atoms with van der Waals surface area (Å²) in [6, 6.07) is 0. The van der Waals surface area contributed by atoms with Gasteiger partial charge in [0.2, 0.25) is 0 Å². The lowest BCUT2D eigenvalue weighted by atomic mass is 10.2. The predicted octanol–water partition coefficient (Wildman–Crippen LogP) is 1.98. The lowest BCUT2D eigenvalue weighted by molar-refractivity contribution is 0.112. The van der Waals surface area contributed by atoms with Gasteiger partial charge in [0, 0.05) is 19.2 Å². The maximum absolute atomic E-state index is 11.1. The number of rotatable bonds is 3. The highest BCUT2D eigenvalue weighted by molar-refractivity contribution is 9.10. The molecule has 0 saturated carbocycles. The van der Waals surface area contributed by atoms with Gasteiger partial charge in [-0.05, 0) is 15.9 Å². The summed E-state index contributed by atoms with van der Waals surface area (Å²) in [5, 5.41) is 0.278. The number of pyridine rings is 1. The number of primary amides is 1. The minimum Gasteiger partial charge on any atom is -0.444 e. The van der Waals surface area contributed by atoms with E-state index in [2.05, 4.69) is 20.9 Å². The quantitative estimate of drug-likeness (QED) is 0.667. The number of nitrogens with zero attached hydrogens (tertiary/aromatic N) is 2. The molecule has 0 aliphatic carbocycles. The Morgan fingerprint density at radius 3 is 3.05 bits per heavy atom. The number of ether oxygens (including phenoxy) is 1. The zero-order chi connectivity index (χ0) is 14.0. The van der Waals surface area contributed by atoms with Crippen molar-refractivity contribution in [2.24, 2.45) is 5.73 Å². The Kier molecular flexibility index (Phi) is 4.26. The molecule has 1 aliphatic heterocycles. The molecule has 102 valence electrons. The first kappa shape index (κ1) is 14.1. The van der Waals surface area contributed by atoms with E-state index in [1.165, 1.54) is 6.20 Å². The largest absolute Gasteiger partial charge is 0.444 e. The third-order valence-electron chi connectivity index (χ3n) is 2.85. The number of hydrogen-bond acceptors (Lipinski definition) is 5. The Labute approximate surface area is 123 Å². The molecule has 0 unspecified atom stereocenters. The highest BCUT2D eigenvalue weighted by Gasteiger charge is 2.28. The molecule has 1 aromatic heterocycles. The summed E-state index contributed by atoms with van der Waals surface area (Å²) in [5.74, 6) is 0. The molecule has 2 rings (SSSR count). The van der Waals surface area contributed by atoms with E-state index in [0.717, 1.165) is 0 Å². The van der Waals surface area contributed by atoms with Crippen molar-refractivity contribution in [1.82, 2.24) is 4.98 Å². The van der Waals surface area contributed by atoms with Crippen LogP contribution >= 0.6 is 27.5 Å². The van der Waals surface area contributed by atoms with Crippen molar-refractivity contribution in [3.63, 3.8) is 0 Å². The molecule has 0 aromatic carbocycles. The summed E-state index contributed by atoms with van der Waals surface area (Å²) in [4.78, 5) is 27.6. The van der Waals surface area contributed by atoms with Gasteiger partial charge in [-0.1, -0.05) is 11.6 Å². The van der Waals surface area contributed by atoms with Crippen LogP contribution in [0.2, 0.25) is 5.15 Å². The zero-order valence-corrected chi connectivity index (χ0v) is 12.1. The molecule has 19 heavy (non-hydrogen) atoms. The number of carbonyl (C=O) groups excluding carboxylic acids is 2. The Hall–Kier alpha value is -1.34. The second kappa shape index (κ2) is 5.75. The van der Waals surface area contributed by atoms with Gasteiger partial charge in [-0.2, -0.15) is 0 Å². The van der Waals surface area contributed by atoms with Gasteiger partial charge in [-0.3, -0.25) is 4.79 Å². The van der Waals surface area contributed by atoms with Gasteiger partial charge in [0.25, 0.3) is 0 Å². The van der Waals surface area contributed by atoms with Crippen molar-refractivity contribution in [2.45, 2.75) is 12.5 Å². The number of nitrogens with two attached hydrogens (primary N) is 1. The maximum atomic E-state index is 11.1. The number of halogens is 2. The van der Waals surface area contributed by atoms with E-state index in [9.17, 15) is 9.59 Å². The van der Waals surface area contributed by atoms with Crippen LogP contribution in [0.4, 0.5) is 10.5 Å². The standard InChI is InChI=1S/C11H11BrClN3O3/c12-8-9(6(5-17)3-15-10(8)13)16-2-1-7(4-16)19-11(14)18/h3,5,7H,1-2,4H2,(H2,14,18)/t7-/m0/s1. The Morgan fingerprint density at radius 1 is 1.68 bits per heavy atom.